The third-order valence-electron chi connectivity index (χ3n) is 4.26. The van der Waals surface area contributed by atoms with E-state index in [-0.39, 0.29) is 12.5 Å². The Kier molecular flexibility index (Phi) is 8.25. The molecule has 0 heterocycles. The second-order valence-electron chi connectivity index (χ2n) is 6.59. The Balaban J connectivity index is 1.95. The summed E-state index contributed by atoms with van der Waals surface area (Å²) in [5.41, 5.74) is 4.32. The zero-order valence-electron chi connectivity index (χ0n) is 17.0. The smallest absolute Gasteiger partial charge is 0.246 e. The average Bonchev–Trinajstić information content (AvgIpc) is 2.72. The molecule has 0 saturated heterocycles. The van der Waals surface area contributed by atoms with Gasteiger partial charge in [0.25, 0.3) is 0 Å². The van der Waals surface area contributed by atoms with Gasteiger partial charge < -0.3 is 20.1 Å². The molecule has 0 fully saturated rings. The molecule has 2 rings (SSSR count). The lowest BCUT2D eigenvalue weighted by Gasteiger charge is -2.16. The summed E-state index contributed by atoms with van der Waals surface area (Å²) >= 11 is 0. The van der Waals surface area contributed by atoms with Crippen LogP contribution in [0.5, 0.6) is 0 Å². The van der Waals surface area contributed by atoms with Gasteiger partial charge in [0.2, 0.25) is 5.91 Å². The van der Waals surface area contributed by atoms with Crippen LogP contribution in [0.1, 0.15) is 23.6 Å². The number of nitrogens with one attached hydrogen (secondary N) is 1. The van der Waals surface area contributed by atoms with Gasteiger partial charge in [-0.25, -0.2) is 0 Å². The van der Waals surface area contributed by atoms with Crippen LogP contribution in [-0.4, -0.2) is 29.6 Å². The monoisotopic (exact) mass is 392 g/mol. The number of benzene rings is 2. The highest BCUT2D eigenvalue weighted by molar-refractivity contribution is 5.90. The van der Waals surface area contributed by atoms with Gasteiger partial charge in [-0.1, -0.05) is 43.0 Å². The quantitative estimate of drug-likeness (QED) is 0.359. The van der Waals surface area contributed by atoms with Gasteiger partial charge in [-0.2, -0.15) is 0 Å². The Hall–Kier alpha value is -3.31. The predicted molar refractivity (Wildman–Crippen MR) is 118 cm³/mol. The molecule has 2 aromatic carbocycles. The molecule has 2 aromatic rings. The SMILES string of the molecule is C=C(Nc1cccc(CN(C)C(=O)/C=C\C(=C)c2ccc(CO)cc2)c1)OCC. The number of ether oxygens (including phenoxy) is 1. The Labute approximate surface area is 172 Å². The molecule has 5 nitrogen and oxygen atoms in total. The van der Waals surface area contributed by atoms with Crippen LogP contribution in [-0.2, 0) is 22.7 Å². The molecular formula is C24H28N2O3. The Morgan fingerprint density at radius 2 is 1.86 bits per heavy atom. The highest BCUT2D eigenvalue weighted by Crippen LogP contribution is 2.16. The fourth-order valence-electron chi connectivity index (χ4n) is 2.69. The standard InChI is InChI=1S/C24H28N2O3/c1-5-29-19(3)25-23-8-6-7-21(15-23)16-26(4)24(28)14-9-18(2)22-12-10-20(17-27)11-13-22/h6-15,25,27H,2-3,5,16-17H2,1,4H3/b14-9-. The molecule has 0 spiro atoms. The van der Waals surface area contributed by atoms with E-state index in [4.69, 9.17) is 9.84 Å². The van der Waals surface area contributed by atoms with E-state index in [0.29, 0.717) is 19.0 Å². The maximum absolute atomic E-state index is 12.4. The lowest BCUT2D eigenvalue weighted by Crippen LogP contribution is -2.24. The van der Waals surface area contributed by atoms with E-state index < -0.39 is 0 Å². The number of carbonyl (C=O) groups is 1. The van der Waals surface area contributed by atoms with Crippen molar-refractivity contribution in [2.75, 3.05) is 19.0 Å². The Bertz CT molecular complexity index is 885. The topological polar surface area (TPSA) is 61.8 Å². The van der Waals surface area contributed by atoms with Crippen molar-refractivity contribution in [1.82, 2.24) is 4.90 Å². The van der Waals surface area contributed by atoms with Gasteiger partial charge in [-0.3, -0.25) is 4.79 Å². The van der Waals surface area contributed by atoms with Crippen LogP contribution in [0.25, 0.3) is 5.57 Å². The van der Waals surface area contributed by atoms with Gasteiger partial charge in [-0.05, 0) is 54.0 Å². The minimum atomic E-state index is -0.116. The number of aliphatic hydroxyl groups excluding tert-OH is 1. The summed E-state index contributed by atoms with van der Waals surface area (Å²) in [5, 5.41) is 12.2. The number of hydrogen-bond donors (Lipinski definition) is 2. The molecule has 0 radical (unpaired) electrons. The van der Waals surface area contributed by atoms with Crippen LogP contribution < -0.4 is 5.32 Å². The molecule has 152 valence electrons. The third kappa shape index (κ3) is 6.97. The molecule has 0 saturated carbocycles. The first-order valence-electron chi connectivity index (χ1n) is 9.42. The number of carbonyl (C=O) groups excluding carboxylic acids is 1. The number of hydrogen-bond acceptors (Lipinski definition) is 4. The van der Waals surface area contributed by atoms with E-state index in [2.05, 4.69) is 18.5 Å². The van der Waals surface area contributed by atoms with E-state index >= 15 is 0 Å². The first kappa shape index (κ1) is 22.0. The number of aliphatic hydroxyl groups is 1. The van der Waals surface area contributed by atoms with Crippen molar-refractivity contribution in [3.8, 4) is 0 Å². The number of anilines is 1. The van der Waals surface area contributed by atoms with Crippen molar-refractivity contribution in [2.24, 2.45) is 0 Å². The molecule has 0 aliphatic rings. The summed E-state index contributed by atoms with van der Waals surface area (Å²) in [7, 11) is 1.75. The van der Waals surface area contributed by atoms with Crippen molar-refractivity contribution in [1.29, 1.82) is 0 Å². The van der Waals surface area contributed by atoms with Crippen LogP contribution in [0, 0.1) is 0 Å². The first-order valence-corrected chi connectivity index (χ1v) is 9.42. The minimum absolute atomic E-state index is 0.00232. The summed E-state index contributed by atoms with van der Waals surface area (Å²) in [6.07, 6.45) is 3.22. The molecule has 0 atom stereocenters. The van der Waals surface area contributed by atoms with E-state index in [1.54, 1.807) is 18.0 Å². The molecule has 0 bridgehead atoms. The molecule has 0 aromatic heterocycles. The van der Waals surface area contributed by atoms with Gasteiger partial charge in [0.15, 0.2) is 5.88 Å². The first-order chi connectivity index (χ1) is 13.9. The summed E-state index contributed by atoms with van der Waals surface area (Å²) in [5.74, 6) is 0.373. The average molecular weight is 392 g/mol. The van der Waals surface area contributed by atoms with Crippen molar-refractivity contribution in [3.63, 3.8) is 0 Å². The molecule has 29 heavy (non-hydrogen) atoms. The number of amides is 1. The van der Waals surface area contributed by atoms with Crippen LogP contribution >= 0.6 is 0 Å². The van der Waals surface area contributed by atoms with E-state index in [1.165, 1.54) is 6.08 Å². The normalized spacial score (nSPS) is 10.6. The number of likely N-dealkylation sites (N-methyl/N-ethyl adjacent to an activating group) is 1. The zero-order chi connectivity index (χ0) is 21.2. The molecule has 2 N–H and O–H groups in total. The van der Waals surface area contributed by atoms with Crippen molar-refractivity contribution in [2.45, 2.75) is 20.1 Å². The lowest BCUT2D eigenvalue weighted by atomic mass is 10.1. The lowest BCUT2D eigenvalue weighted by molar-refractivity contribution is -0.125. The van der Waals surface area contributed by atoms with E-state index in [1.807, 2.05) is 55.5 Å². The molecule has 0 unspecified atom stereocenters. The van der Waals surface area contributed by atoms with E-state index in [9.17, 15) is 4.79 Å². The second kappa shape index (κ2) is 10.9. The van der Waals surface area contributed by atoms with Crippen molar-refractivity contribution in [3.05, 3.63) is 96.4 Å². The predicted octanol–water partition coefficient (Wildman–Crippen LogP) is 4.33. The molecule has 0 aliphatic heterocycles. The number of nitrogens with zero attached hydrogens (tertiary/aromatic N) is 1. The fraction of sp³-hybridized carbons (Fsp3) is 0.208. The summed E-state index contributed by atoms with van der Waals surface area (Å²) in [6, 6.07) is 15.2. The summed E-state index contributed by atoms with van der Waals surface area (Å²) in [6.45, 7) is 10.7. The molecule has 0 aliphatic carbocycles. The van der Waals surface area contributed by atoms with Crippen LogP contribution in [0.15, 0.2) is 79.7 Å². The van der Waals surface area contributed by atoms with Gasteiger partial charge in [-0.15, -0.1) is 0 Å². The van der Waals surface area contributed by atoms with Gasteiger partial charge in [0, 0.05) is 25.4 Å². The second-order valence-corrected chi connectivity index (χ2v) is 6.59. The van der Waals surface area contributed by atoms with Gasteiger partial charge in [0.05, 0.1) is 13.2 Å². The molecule has 5 heteroatoms. The largest absolute Gasteiger partial charge is 0.480 e. The fourth-order valence-corrected chi connectivity index (χ4v) is 2.69. The van der Waals surface area contributed by atoms with Crippen LogP contribution in [0.3, 0.4) is 0 Å². The van der Waals surface area contributed by atoms with Gasteiger partial charge in [0.1, 0.15) is 0 Å². The zero-order valence-corrected chi connectivity index (χ0v) is 17.0. The Morgan fingerprint density at radius 1 is 1.14 bits per heavy atom. The van der Waals surface area contributed by atoms with Crippen molar-refractivity contribution < 1.29 is 14.6 Å². The third-order valence-corrected chi connectivity index (χ3v) is 4.26. The highest BCUT2D eigenvalue weighted by Gasteiger charge is 2.07. The minimum Gasteiger partial charge on any atom is -0.480 e. The number of rotatable bonds is 10. The van der Waals surface area contributed by atoms with Gasteiger partial charge >= 0.3 is 0 Å². The number of allylic oxidation sites excluding steroid dienone is 2. The maximum Gasteiger partial charge on any atom is 0.246 e. The molecule has 1 amide bonds. The van der Waals surface area contributed by atoms with Crippen molar-refractivity contribution >= 4 is 17.2 Å². The van der Waals surface area contributed by atoms with Crippen LogP contribution in [0.2, 0.25) is 0 Å². The van der Waals surface area contributed by atoms with Crippen LogP contribution in [0.4, 0.5) is 5.69 Å². The Morgan fingerprint density at radius 3 is 2.52 bits per heavy atom. The highest BCUT2D eigenvalue weighted by atomic mass is 16.5. The molecular weight excluding hydrogens is 364 g/mol. The summed E-state index contributed by atoms with van der Waals surface area (Å²) in [4.78, 5) is 14.1. The summed E-state index contributed by atoms with van der Waals surface area (Å²) < 4.78 is 5.31. The van der Waals surface area contributed by atoms with E-state index in [0.717, 1.165) is 28.0 Å². The maximum atomic E-state index is 12.4.